The number of ether oxygens (including phenoxy) is 2. The number of carbonyl (C=O) groups is 2. The second kappa shape index (κ2) is 8.84. The molecule has 1 saturated heterocycles. The third kappa shape index (κ3) is 4.84. The third-order valence-corrected chi connectivity index (χ3v) is 4.72. The zero-order valence-electron chi connectivity index (χ0n) is 14.4. The van der Waals surface area contributed by atoms with Crippen LogP contribution in [0.3, 0.4) is 0 Å². The molecule has 138 valence electrons. The van der Waals surface area contributed by atoms with E-state index < -0.39 is 0 Å². The first-order valence-corrected chi connectivity index (χ1v) is 9.10. The first-order chi connectivity index (χ1) is 12.7. The van der Waals surface area contributed by atoms with E-state index in [0.29, 0.717) is 29.4 Å². The number of nitrogens with one attached hydrogen (secondary N) is 2. The summed E-state index contributed by atoms with van der Waals surface area (Å²) in [7, 11) is 1.55. The standard InChI is InChI=1S/C17H20N4O4S/c1-24-10-14-20-21-17(26-14)16(23)19-12-5-2-4-11(8-12)15(22)18-9-13-6-3-7-25-13/h2,4-5,8,13H,3,6-7,9-10H2,1H3,(H,18,22)(H,19,23)/t13-/m0/s1. The van der Waals surface area contributed by atoms with E-state index in [2.05, 4.69) is 20.8 Å². The maximum atomic E-state index is 12.3. The molecule has 2 amide bonds. The molecule has 0 saturated carbocycles. The van der Waals surface area contributed by atoms with Crippen molar-refractivity contribution in [1.29, 1.82) is 0 Å². The predicted octanol–water partition coefficient (Wildman–Crippen LogP) is 1.85. The lowest BCUT2D eigenvalue weighted by Gasteiger charge is -2.11. The molecule has 2 heterocycles. The minimum atomic E-state index is -0.373. The molecule has 2 N–H and O–H groups in total. The summed E-state index contributed by atoms with van der Waals surface area (Å²) < 4.78 is 10.5. The van der Waals surface area contributed by atoms with Crippen molar-refractivity contribution in [3.8, 4) is 0 Å². The Balaban J connectivity index is 1.58. The van der Waals surface area contributed by atoms with Gasteiger partial charge < -0.3 is 20.1 Å². The van der Waals surface area contributed by atoms with Crippen LogP contribution in [0.1, 0.15) is 38.0 Å². The summed E-state index contributed by atoms with van der Waals surface area (Å²) in [6.07, 6.45) is 2.07. The van der Waals surface area contributed by atoms with Gasteiger partial charge in [-0.05, 0) is 31.0 Å². The quantitative estimate of drug-likeness (QED) is 0.764. The van der Waals surface area contributed by atoms with Gasteiger partial charge in [-0.2, -0.15) is 0 Å². The van der Waals surface area contributed by atoms with Crippen molar-refractivity contribution in [2.45, 2.75) is 25.6 Å². The first-order valence-electron chi connectivity index (χ1n) is 8.28. The van der Waals surface area contributed by atoms with Crippen molar-refractivity contribution in [3.05, 3.63) is 39.8 Å². The predicted molar refractivity (Wildman–Crippen MR) is 96.3 cm³/mol. The summed E-state index contributed by atoms with van der Waals surface area (Å²) in [6, 6.07) is 6.75. The van der Waals surface area contributed by atoms with E-state index in [9.17, 15) is 9.59 Å². The average molecular weight is 376 g/mol. The van der Waals surface area contributed by atoms with Crippen molar-refractivity contribution >= 4 is 28.8 Å². The number of rotatable bonds is 7. The van der Waals surface area contributed by atoms with Gasteiger partial charge in [0.2, 0.25) is 5.01 Å². The van der Waals surface area contributed by atoms with E-state index in [4.69, 9.17) is 9.47 Å². The molecular formula is C17H20N4O4S. The molecule has 0 bridgehead atoms. The van der Waals surface area contributed by atoms with Gasteiger partial charge in [-0.1, -0.05) is 17.4 Å². The average Bonchev–Trinajstić information content (AvgIpc) is 3.32. The molecule has 1 aromatic heterocycles. The highest BCUT2D eigenvalue weighted by Crippen LogP contribution is 2.16. The van der Waals surface area contributed by atoms with Gasteiger partial charge in [0.05, 0.1) is 12.7 Å². The Morgan fingerprint density at radius 1 is 1.35 bits per heavy atom. The SMILES string of the molecule is COCc1nnc(C(=O)Nc2cccc(C(=O)NC[C@@H]3CCCO3)c2)s1. The number of carbonyl (C=O) groups excluding carboxylic acids is 2. The lowest BCUT2D eigenvalue weighted by molar-refractivity contribution is 0.0857. The molecule has 3 rings (SSSR count). The van der Waals surface area contributed by atoms with Crippen LogP contribution >= 0.6 is 11.3 Å². The number of methoxy groups -OCH3 is 1. The van der Waals surface area contributed by atoms with Crippen LogP contribution in [0, 0.1) is 0 Å². The first kappa shape index (κ1) is 18.4. The van der Waals surface area contributed by atoms with Gasteiger partial charge in [0.1, 0.15) is 5.01 Å². The highest BCUT2D eigenvalue weighted by molar-refractivity contribution is 7.13. The molecule has 1 aromatic carbocycles. The Morgan fingerprint density at radius 2 is 2.23 bits per heavy atom. The number of aromatic nitrogens is 2. The van der Waals surface area contributed by atoms with Crippen molar-refractivity contribution in [2.24, 2.45) is 0 Å². The molecule has 8 nitrogen and oxygen atoms in total. The van der Waals surface area contributed by atoms with E-state index in [1.54, 1.807) is 31.4 Å². The maximum Gasteiger partial charge on any atom is 0.286 e. The monoisotopic (exact) mass is 376 g/mol. The molecule has 9 heteroatoms. The topological polar surface area (TPSA) is 102 Å². The fraction of sp³-hybridized carbons (Fsp3) is 0.412. The smallest absolute Gasteiger partial charge is 0.286 e. The number of benzene rings is 1. The third-order valence-electron chi connectivity index (χ3n) is 3.83. The fourth-order valence-electron chi connectivity index (χ4n) is 2.56. The van der Waals surface area contributed by atoms with E-state index >= 15 is 0 Å². The second-order valence-electron chi connectivity index (χ2n) is 5.81. The Kier molecular flexibility index (Phi) is 6.26. The lowest BCUT2D eigenvalue weighted by Crippen LogP contribution is -2.31. The van der Waals surface area contributed by atoms with E-state index in [0.717, 1.165) is 19.4 Å². The van der Waals surface area contributed by atoms with E-state index in [-0.39, 0.29) is 22.9 Å². The summed E-state index contributed by atoms with van der Waals surface area (Å²) in [4.78, 5) is 24.5. The zero-order chi connectivity index (χ0) is 18.4. The molecule has 1 fully saturated rings. The highest BCUT2D eigenvalue weighted by Gasteiger charge is 2.17. The summed E-state index contributed by atoms with van der Waals surface area (Å²) in [5.41, 5.74) is 0.987. The minimum Gasteiger partial charge on any atom is -0.377 e. The van der Waals surface area contributed by atoms with Crippen molar-refractivity contribution in [1.82, 2.24) is 15.5 Å². The van der Waals surface area contributed by atoms with Gasteiger partial charge in [0.25, 0.3) is 11.8 Å². The summed E-state index contributed by atoms with van der Waals surface area (Å²) in [5.74, 6) is -0.573. The number of nitrogens with zero attached hydrogens (tertiary/aromatic N) is 2. The number of hydrogen-bond donors (Lipinski definition) is 2. The van der Waals surface area contributed by atoms with Crippen LogP contribution < -0.4 is 10.6 Å². The van der Waals surface area contributed by atoms with Gasteiger partial charge >= 0.3 is 0 Å². The number of amides is 2. The Morgan fingerprint density at radius 3 is 3.00 bits per heavy atom. The van der Waals surface area contributed by atoms with Crippen LogP contribution in [0.25, 0.3) is 0 Å². The van der Waals surface area contributed by atoms with Gasteiger partial charge in [-0.25, -0.2) is 0 Å². The summed E-state index contributed by atoms with van der Waals surface area (Å²) in [6.45, 7) is 1.55. The molecule has 1 aliphatic rings. The largest absolute Gasteiger partial charge is 0.377 e. The fourth-order valence-corrected chi connectivity index (χ4v) is 3.27. The Hall–Kier alpha value is -2.36. The molecule has 0 unspecified atom stereocenters. The van der Waals surface area contributed by atoms with Gasteiger partial charge in [0.15, 0.2) is 0 Å². The highest BCUT2D eigenvalue weighted by atomic mass is 32.1. The van der Waals surface area contributed by atoms with Gasteiger partial charge in [0, 0.05) is 31.5 Å². The number of anilines is 1. The molecule has 1 atom stereocenters. The van der Waals surface area contributed by atoms with Gasteiger partial charge in [-0.3, -0.25) is 9.59 Å². The zero-order valence-corrected chi connectivity index (χ0v) is 15.2. The lowest BCUT2D eigenvalue weighted by atomic mass is 10.1. The van der Waals surface area contributed by atoms with Crippen LogP contribution in [0.15, 0.2) is 24.3 Å². The molecule has 1 aliphatic heterocycles. The van der Waals surface area contributed by atoms with Crippen LogP contribution in [0.5, 0.6) is 0 Å². The van der Waals surface area contributed by atoms with E-state index in [1.807, 2.05) is 0 Å². The van der Waals surface area contributed by atoms with Crippen molar-refractivity contribution in [2.75, 3.05) is 25.6 Å². The Labute approximate surface area is 154 Å². The van der Waals surface area contributed by atoms with Crippen molar-refractivity contribution in [3.63, 3.8) is 0 Å². The molecule has 0 aliphatic carbocycles. The molecular weight excluding hydrogens is 356 g/mol. The van der Waals surface area contributed by atoms with Crippen LogP contribution in [-0.2, 0) is 16.1 Å². The maximum absolute atomic E-state index is 12.3. The van der Waals surface area contributed by atoms with Crippen LogP contribution in [0.2, 0.25) is 0 Å². The number of hydrogen-bond acceptors (Lipinski definition) is 7. The van der Waals surface area contributed by atoms with E-state index in [1.165, 1.54) is 11.3 Å². The van der Waals surface area contributed by atoms with Crippen LogP contribution in [0.4, 0.5) is 5.69 Å². The molecule has 0 spiro atoms. The molecule has 26 heavy (non-hydrogen) atoms. The minimum absolute atomic E-state index is 0.0838. The normalized spacial score (nSPS) is 16.4. The summed E-state index contributed by atoms with van der Waals surface area (Å²) >= 11 is 1.17. The summed E-state index contributed by atoms with van der Waals surface area (Å²) in [5, 5.41) is 14.2. The molecule has 0 radical (unpaired) electrons. The Bertz CT molecular complexity index is 774. The van der Waals surface area contributed by atoms with Crippen LogP contribution in [-0.4, -0.2) is 48.4 Å². The van der Waals surface area contributed by atoms with Gasteiger partial charge in [-0.15, -0.1) is 10.2 Å². The van der Waals surface area contributed by atoms with Crippen molar-refractivity contribution < 1.29 is 19.1 Å². The molecule has 2 aromatic rings. The second-order valence-corrected chi connectivity index (χ2v) is 6.88.